The van der Waals surface area contributed by atoms with Crippen LogP contribution in [0.15, 0.2) is 30.5 Å². The van der Waals surface area contributed by atoms with E-state index in [1.807, 2.05) is 18.2 Å². The Balaban J connectivity index is 1.85. The molecule has 0 saturated carbocycles. The predicted octanol–water partition coefficient (Wildman–Crippen LogP) is 1.69. The van der Waals surface area contributed by atoms with Gasteiger partial charge in [-0.1, -0.05) is 29.8 Å². The molecule has 6 heteroatoms. The predicted molar refractivity (Wildman–Crippen MR) is 82.3 cm³/mol. The maximum atomic E-state index is 12.4. The van der Waals surface area contributed by atoms with Gasteiger partial charge in [-0.3, -0.25) is 9.48 Å². The highest BCUT2D eigenvalue weighted by Crippen LogP contribution is 2.28. The summed E-state index contributed by atoms with van der Waals surface area (Å²) in [5.74, 6) is 0.416. The third-order valence-corrected chi connectivity index (χ3v) is 3.95. The fraction of sp³-hybridized carbons (Fsp3) is 0.333. The van der Waals surface area contributed by atoms with Gasteiger partial charge in [-0.05, 0) is 6.07 Å². The van der Waals surface area contributed by atoms with E-state index in [4.69, 9.17) is 11.6 Å². The highest BCUT2D eigenvalue weighted by Gasteiger charge is 2.21. The lowest BCUT2D eigenvalue weighted by Crippen LogP contribution is -2.48. The van der Waals surface area contributed by atoms with Gasteiger partial charge in [0.05, 0.1) is 10.6 Å². The monoisotopic (exact) mass is 304 g/mol. The van der Waals surface area contributed by atoms with E-state index in [0.717, 1.165) is 18.7 Å². The van der Waals surface area contributed by atoms with Gasteiger partial charge in [0.1, 0.15) is 5.69 Å². The van der Waals surface area contributed by atoms with Gasteiger partial charge in [0.2, 0.25) is 0 Å². The average Bonchev–Trinajstić information content (AvgIpc) is 2.79. The zero-order chi connectivity index (χ0) is 14.8. The van der Waals surface area contributed by atoms with Crippen LogP contribution in [-0.2, 0) is 7.05 Å². The van der Waals surface area contributed by atoms with Crippen LogP contribution in [0.2, 0.25) is 5.02 Å². The largest absolute Gasteiger partial charge is 0.352 e. The van der Waals surface area contributed by atoms with E-state index in [9.17, 15) is 4.79 Å². The average molecular weight is 305 g/mol. The van der Waals surface area contributed by atoms with Crippen molar-refractivity contribution in [3.05, 3.63) is 41.0 Å². The number of hydrogen-bond donors (Lipinski definition) is 2. The lowest BCUT2D eigenvalue weighted by atomic mass is 10.0. The summed E-state index contributed by atoms with van der Waals surface area (Å²) >= 11 is 6.21. The van der Waals surface area contributed by atoms with E-state index in [2.05, 4.69) is 15.7 Å². The quantitative estimate of drug-likeness (QED) is 0.904. The molecule has 0 spiro atoms. The van der Waals surface area contributed by atoms with Crippen molar-refractivity contribution in [1.82, 2.24) is 20.4 Å². The second-order valence-corrected chi connectivity index (χ2v) is 5.69. The molecule has 0 unspecified atom stereocenters. The van der Waals surface area contributed by atoms with E-state index in [0.29, 0.717) is 28.7 Å². The molecule has 1 amide bonds. The van der Waals surface area contributed by atoms with Crippen molar-refractivity contribution in [2.24, 2.45) is 13.0 Å². The first-order chi connectivity index (χ1) is 10.1. The maximum absolute atomic E-state index is 12.4. The summed E-state index contributed by atoms with van der Waals surface area (Å²) in [5.41, 5.74) is 1.94. The smallest absolute Gasteiger partial charge is 0.255 e. The fourth-order valence-corrected chi connectivity index (χ4v) is 2.56. The second kappa shape index (κ2) is 5.87. The van der Waals surface area contributed by atoms with Crippen molar-refractivity contribution in [3.8, 4) is 11.3 Å². The molecule has 1 aromatic carbocycles. The lowest BCUT2D eigenvalue weighted by Gasteiger charge is -2.27. The Morgan fingerprint density at radius 3 is 2.90 bits per heavy atom. The fourth-order valence-electron chi connectivity index (χ4n) is 2.33. The van der Waals surface area contributed by atoms with Gasteiger partial charge < -0.3 is 10.6 Å². The molecule has 1 aliphatic rings. The first kappa shape index (κ1) is 14.1. The van der Waals surface area contributed by atoms with E-state index in [1.165, 1.54) is 0 Å². The van der Waals surface area contributed by atoms with E-state index in [1.54, 1.807) is 24.0 Å². The Morgan fingerprint density at radius 2 is 2.24 bits per heavy atom. The van der Waals surface area contributed by atoms with Gasteiger partial charge in [-0.15, -0.1) is 0 Å². The number of benzene rings is 1. The second-order valence-electron chi connectivity index (χ2n) is 5.28. The molecule has 2 aromatic rings. The Hall–Kier alpha value is -1.85. The van der Waals surface area contributed by atoms with Crippen LogP contribution in [0.3, 0.4) is 0 Å². The number of halogens is 1. The number of nitrogens with zero attached hydrogens (tertiary/aromatic N) is 2. The third-order valence-electron chi connectivity index (χ3n) is 3.62. The number of rotatable bonds is 4. The summed E-state index contributed by atoms with van der Waals surface area (Å²) in [6.45, 7) is 2.61. The molecular weight excluding hydrogens is 288 g/mol. The van der Waals surface area contributed by atoms with E-state index >= 15 is 0 Å². The van der Waals surface area contributed by atoms with Crippen LogP contribution < -0.4 is 10.6 Å². The van der Waals surface area contributed by atoms with Crippen LogP contribution in [-0.4, -0.2) is 35.3 Å². The molecule has 0 bridgehead atoms. The SMILES string of the molecule is Cn1cc(C(=O)NCC2CNC2)c(-c2ccccc2Cl)n1. The number of carbonyl (C=O) groups excluding carboxylic acids is 1. The molecule has 110 valence electrons. The Bertz CT molecular complexity index is 663. The standard InChI is InChI=1S/C15H17ClN4O/c1-20-9-12(15(21)18-8-10-6-17-7-10)14(19-20)11-4-2-3-5-13(11)16/h2-5,9-10,17H,6-8H2,1H3,(H,18,21). The molecule has 2 N–H and O–H groups in total. The van der Waals surface area contributed by atoms with Gasteiger partial charge >= 0.3 is 0 Å². The molecule has 1 fully saturated rings. The van der Waals surface area contributed by atoms with Crippen LogP contribution in [0.5, 0.6) is 0 Å². The minimum absolute atomic E-state index is 0.107. The summed E-state index contributed by atoms with van der Waals surface area (Å²) in [7, 11) is 1.80. The van der Waals surface area contributed by atoms with Gasteiger partial charge in [-0.2, -0.15) is 5.10 Å². The molecule has 3 rings (SSSR count). The highest BCUT2D eigenvalue weighted by atomic mass is 35.5. The van der Waals surface area contributed by atoms with Gasteiger partial charge in [0.25, 0.3) is 5.91 Å². The molecule has 0 atom stereocenters. The summed E-state index contributed by atoms with van der Waals surface area (Å²) in [4.78, 5) is 12.4. The highest BCUT2D eigenvalue weighted by molar-refractivity contribution is 6.33. The summed E-state index contributed by atoms with van der Waals surface area (Å²) in [6.07, 6.45) is 1.73. The first-order valence-corrected chi connectivity index (χ1v) is 7.30. The Kier molecular flexibility index (Phi) is 3.94. The molecular formula is C15H17ClN4O. The van der Waals surface area contributed by atoms with Crippen LogP contribution in [0.25, 0.3) is 11.3 Å². The van der Waals surface area contributed by atoms with Crippen molar-refractivity contribution in [1.29, 1.82) is 0 Å². The van der Waals surface area contributed by atoms with Crippen molar-refractivity contribution in [2.75, 3.05) is 19.6 Å². The molecule has 0 aliphatic carbocycles. The zero-order valence-corrected chi connectivity index (χ0v) is 12.5. The van der Waals surface area contributed by atoms with Crippen LogP contribution in [0.4, 0.5) is 0 Å². The topological polar surface area (TPSA) is 59.0 Å². The van der Waals surface area contributed by atoms with Crippen LogP contribution in [0, 0.1) is 5.92 Å². The van der Waals surface area contributed by atoms with E-state index in [-0.39, 0.29) is 5.91 Å². The van der Waals surface area contributed by atoms with Gasteiger partial charge in [0, 0.05) is 44.4 Å². The lowest BCUT2D eigenvalue weighted by molar-refractivity contribution is 0.0943. The number of nitrogens with one attached hydrogen (secondary N) is 2. The third kappa shape index (κ3) is 2.94. The number of aryl methyl sites for hydroxylation is 1. The van der Waals surface area contributed by atoms with Crippen molar-refractivity contribution in [2.45, 2.75) is 0 Å². The van der Waals surface area contributed by atoms with Gasteiger partial charge in [0.15, 0.2) is 0 Å². The molecule has 21 heavy (non-hydrogen) atoms. The number of hydrogen-bond acceptors (Lipinski definition) is 3. The Labute approximate surface area is 128 Å². The minimum atomic E-state index is -0.107. The first-order valence-electron chi connectivity index (χ1n) is 6.92. The number of amides is 1. The molecule has 1 saturated heterocycles. The summed E-state index contributed by atoms with van der Waals surface area (Å²) in [6, 6.07) is 7.42. The Morgan fingerprint density at radius 1 is 1.48 bits per heavy atom. The maximum Gasteiger partial charge on any atom is 0.255 e. The summed E-state index contributed by atoms with van der Waals surface area (Å²) < 4.78 is 1.64. The van der Waals surface area contributed by atoms with Crippen molar-refractivity contribution in [3.63, 3.8) is 0 Å². The zero-order valence-electron chi connectivity index (χ0n) is 11.8. The minimum Gasteiger partial charge on any atom is -0.352 e. The molecule has 1 aliphatic heterocycles. The van der Waals surface area contributed by atoms with Gasteiger partial charge in [-0.25, -0.2) is 0 Å². The van der Waals surface area contributed by atoms with Crippen molar-refractivity contribution >= 4 is 17.5 Å². The molecule has 5 nitrogen and oxygen atoms in total. The number of carbonyl (C=O) groups is 1. The number of aromatic nitrogens is 2. The van der Waals surface area contributed by atoms with Crippen LogP contribution in [0.1, 0.15) is 10.4 Å². The van der Waals surface area contributed by atoms with Crippen molar-refractivity contribution < 1.29 is 4.79 Å². The van der Waals surface area contributed by atoms with Crippen LogP contribution >= 0.6 is 11.6 Å². The molecule has 0 radical (unpaired) electrons. The normalized spacial score (nSPS) is 14.8. The molecule has 1 aromatic heterocycles. The van der Waals surface area contributed by atoms with E-state index < -0.39 is 0 Å². The summed E-state index contributed by atoms with van der Waals surface area (Å²) in [5, 5.41) is 11.1. The molecule has 2 heterocycles.